The SMILES string of the molecule is CCCCC(CC)COC1CNCC(C(=O)O)C1. The highest BCUT2D eigenvalue weighted by molar-refractivity contribution is 5.70. The molecule has 1 fully saturated rings. The number of hydrogen-bond donors (Lipinski definition) is 2. The molecule has 0 aromatic carbocycles. The fourth-order valence-electron chi connectivity index (χ4n) is 2.39. The molecule has 1 aliphatic heterocycles. The van der Waals surface area contributed by atoms with Crippen LogP contribution in [0.5, 0.6) is 0 Å². The van der Waals surface area contributed by atoms with Crippen molar-refractivity contribution in [2.45, 2.75) is 52.1 Å². The molecule has 0 saturated carbocycles. The predicted molar refractivity (Wildman–Crippen MR) is 71.7 cm³/mol. The average molecular weight is 257 g/mol. The smallest absolute Gasteiger partial charge is 0.307 e. The highest BCUT2D eigenvalue weighted by atomic mass is 16.5. The van der Waals surface area contributed by atoms with Gasteiger partial charge in [-0.25, -0.2) is 0 Å². The molecule has 0 aliphatic carbocycles. The van der Waals surface area contributed by atoms with E-state index in [1.54, 1.807) is 0 Å². The molecule has 1 rings (SSSR count). The Kier molecular flexibility index (Phi) is 7.28. The molecule has 106 valence electrons. The van der Waals surface area contributed by atoms with E-state index in [9.17, 15) is 4.79 Å². The van der Waals surface area contributed by atoms with Crippen LogP contribution in [-0.2, 0) is 9.53 Å². The van der Waals surface area contributed by atoms with Crippen LogP contribution in [0.4, 0.5) is 0 Å². The highest BCUT2D eigenvalue weighted by Gasteiger charge is 2.27. The normalized spacial score (nSPS) is 25.9. The summed E-state index contributed by atoms with van der Waals surface area (Å²) in [5.41, 5.74) is 0. The molecule has 3 unspecified atom stereocenters. The lowest BCUT2D eigenvalue weighted by Crippen LogP contribution is -2.44. The van der Waals surface area contributed by atoms with Gasteiger partial charge in [0.2, 0.25) is 0 Å². The monoisotopic (exact) mass is 257 g/mol. The Hall–Kier alpha value is -0.610. The fraction of sp³-hybridized carbons (Fsp3) is 0.929. The largest absolute Gasteiger partial charge is 0.481 e. The molecule has 4 nitrogen and oxygen atoms in total. The molecule has 1 heterocycles. The van der Waals surface area contributed by atoms with E-state index in [4.69, 9.17) is 9.84 Å². The van der Waals surface area contributed by atoms with Crippen LogP contribution in [0.2, 0.25) is 0 Å². The lowest BCUT2D eigenvalue weighted by atomic mass is 9.97. The molecular weight excluding hydrogens is 230 g/mol. The maximum Gasteiger partial charge on any atom is 0.307 e. The lowest BCUT2D eigenvalue weighted by Gasteiger charge is -2.29. The van der Waals surface area contributed by atoms with Gasteiger partial charge in [-0.15, -0.1) is 0 Å². The number of ether oxygens (including phenoxy) is 1. The first-order valence-electron chi connectivity index (χ1n) is 7.22. The maximum atomic E-state index is 10.9. The molecule has 0 aromatic rings. The van der Waals surface area contributed by atoms with Gasteiger partial charge < -0.3 is 15.2 Å². The molecule has 0 bridgehead atoms. The highest BCUT2D eigenvalue weighted by Crippen LogP contribution is 2.18. The van der Waals surface area contributed by atoms with Crippen molar-refractivity contribution in [3.63, 3.8) is 0 Å². The predicted octanol–water partition coefficient (Wildman–Crippen LogP) is 2.28. The van der Waals surface area contributed by atoms with Gasteiger partial charge in [-0.05, 0) is 18.8 Å². The van der Waals surface area contributed by atoms with Crippen molar-refractivity contribution >= 4 is 5.97 Å². The third kappa shape index (κ3) is 5.36. The summed E-state index contributed by atoms with van der Waals surface area (Å²) in [6, 6.07) is 0. The van der Waals surface area contributed by atoms with Gasteiger partial charge in [0.25, 0.3) is 0 Å². The number of rotatable bonds is 8. The van der Waals surface area contributed by atoms with E-state index in [1.165, 1.54) is 19.3 Å². The Labute approximate surface area is 110 Å². The Morgan fingerprint density at radius 1 is 1.44 bits per heavy atom. The number of carboxylic acid groups (broad SMARTS) is 1. The van der Waals surface area contributed by atoms with Crippen LogP contribution < -0.4 is 5.32 Å². The van der Waals surface area contributed by atoms with E-state index in [1.807, 2.05) is 0 Å². The Balaban J connectivity index is 2.26. The molecule has 18 heavy (non-hydrogen) atoms. The molecule has 2 N–H and O–H groups in total. The minimum absolute atomic E-state index is 0.0653. The molecule has 3 atom stereocenters. The van der Waals surface area contributed by atoms with Gasteiger partial charge in [0.05, 0.1) is 12.0 Å². The summed E-state index contributed by atoms with van der Waals surface area (Å²) in [4.78, 5) is 10.9. The molecule has 1 saturated heterocycles. The molecular formula is C14H27NO3. The van der Waals surface area contributed by atoms with E-state index in [-0.39, 0.29) is 12.0 Å². The minimum Gasteiger partial charge on any atom is -0.481 e. The first kappa shape index (κ1) is 15.4. The quantitative estimate of drug-likeness (QED) is 0.700. The van der Waals surface area contributed by atoms with Crippen LogP contribution in [0.3, 0.4) is 0 Å². The minimum atomic E-state index is -0.714. The number of hydrogen-bond acceptors (Lipinski definition) is 3. The summed E-state index contributed by atoms with van der Waals surface area (Å²) < 4.78 is 5.89. The first-order chi connectivity index (χ1) is 8.67. The third-order valence-corrected chi connectivity index (χ3v) is 3.77. The van der Waals surface area contributed by atoms with E-state index >= 15 is 0 Å². The van der Waals surface area contributed by atoms with E-state index in [0.29, 0.717) is 18.9 Å². The van der Waals surface area contributed by atoms with Gasteiger partial charge in [-0.3, -0.25) is 4.79 Å². The van der Waals surface area contributed by atoms with Crippen LogP contribution in [0, 0.1) is 11.8 Å². The van der Waals surface area contributed by atoms with Crippen molar-refractivity contribution in [2.75, 3.05) is 19.7 Å². The summed E-state index contributed by atoms with van der Waals surface area (Å²) in [6.07, 6.45) is 5.55. The number of aliphatic carboxylic acids is 1. The van der Waals surface area contributed by atoms with Gasteiger partial charge in [0.15, 0.2) is 0 Å². The maximum absolute atomic E-state index is 10.9. The van der Waals surface area contributed by atoms with Crippen molar-refractivity contribution in [3.8, 4) is 0 Å². The summed E-state index contributed by atoms with van der Waals surface area (Å²) in [7, 11) is 0. The molecule has 0 radical (unpaired) electrons. The Morgan fingerprint density at radius 2 is 2.22 bits per heavy atom. The topological polar surface area (TPSA) is 58.6 Å². The van der Waals surface area contributed by atoms with Gasteiger partial charge in [-0.2, -0.15) is 0 Å². The summed E-state index contributed by atoms with van der Waals surface area (Å²) in [6.45, 7) is 6.53. The zero-order chi connectivity index (χ0) is 13.4. The molecule has 0 aromatic heterocycles. The average Bonchev–Trinajstić information content (AvgIpc) is 2.39. The zero-order valence-electron chi connectivity index (χ0n) is 11.7. The van der Waals surface area contributed by atoms with E-state index < -0.39 is 5.97 Å². The van der Waals surface area contributed by atoms with Gasteiger partial charge in [0, 0.05) is 19.7 Å². The molecule has 0 amide bonds. The van der Waals surface area contributed by atoms with Crippen molar-refractivity contribution in [1.29, 1.82) is 0 Å². The van der Waals surface area contributed by atoms with Crippen molar-refractivity contribution in [1.82, 2.24) is 5.32 Å². The second-order valence-corrected chi connectivity index (χ2v) is 5.30. The van der Waals surface area contributed by atoms with Crippen molar-refractivity contribution < 1.29 is 14.6 Å². The first-order valence-corrected chi connectivity index (χ1v) is 7.22. The second kappa shape index (κ2) is 8.48. The van der Waals surface area contributed by atoms with Crippen LogP contribution in [-0.4, -0.2) is 36.9 Å². The summed E-state index contributed by atoms with van der Waals surface area (Å²) >= 11 is 0. The van der Waals surface area contributed by atoms with E-state index in [2.05, 4.69) is 19.2 Å². The zero-order valence-corrected chi connectivity index (χ0v) is 11.7. The van der Waals surface area contributed by atoms with Crippen LogP contribution in [0.25, 0.3) is 0 Å². The van der Waals surface area contributed by atoms with Gasteiger partial charge in [-0.1, -0.05) is 33.1 Å². The van der Waals surface area contributed by atoms with Gasteiger partial charge >= 0.3 is 5.97 Å². The number of piperidine rings is 1. The van der Waals surface area contributed by atoms with E-state index in [0.717, 1.165) is 19.6 Å². The number of nitrogens with one attached hydrogen (secondary N) is 1. The molecule has 4 heteroatoms. The Bertz CT molecular complexity index is 245. The van der Waals surface area contributed by atoms with Crippen LogP contribution in [0.1, 0.15) is 46.0 Å². The lowest BCUT2D eigenvalue weighted by molar-refractivity contribution is -0.144. The molecule has 1 aliphatic rings. The Morgan fingerprint density at radius 3 is 2.83 bits per heavy atom. The van der Waals surface area contributed by atoms with Crippen molar-refractivity contribution in [3.05, 3.63) is 0 Å². The van der Waals surface area contributed by atoms with Gasteiger partial charge in [0.1, 0.15) is 0 Å². The number of unbranched alkanes of at least 4 members (excludes halogenated alkanes) is 1. The van der Waals surface area contributed by atoms with Crippen molar-refractivity contribution in [2.24, 2.45) is 11.8 Å². The molecule has 0 spiro atoms. The number of carbonyl (C=O) groups is 1. The summed E-state index contributed by atoms with van der Waals surface area (Å²) in [5.74, 6) is -0.386. The second-order valence-electron chi connectivity index (χ2n) is 5.30. The third-order valence-electron chi connectivity index (χ3n) is 3.77. The summed E-state index contributed by atoms with van der Waals surface area (Å²) in [5, 5.41) is 12.1. The van der Waals surface area contributed by atoms with Crippen LogP contribution >= 0.6 is 0 Å². The fourth-order valence-corrected chi connectivity index (χ4v) is 2.39. The standard InChI is InChI=1S/C14H27NO3/c1-3-5-6-11(4-2)10-18-13-7-12(14(16)17)8-15-9-13/h11-13,15H,3-10H2,1-2H3,(H,16,17). The number of carboxylic acids is 1. The van der Waals surface area contributed by atoms with Crippen LogP contribution in [0.15, 0.2) is 0 Å².